The van der Waals surface area contributed by atoms with Crippen LogP contribution in [0.1, 0.15) is 0 Å². The third kappa shape index (κ3) is 4.43. The second-order valence-corrected chi connectivity index (χ2v) is 9.80. The van der Waals surface area contributed by atoms with Crippen molar-refractivity contribution in [1.82, 2.24) is 15.0 Å². The maximum Gasteiger partial charge on any atom is 0.226 e. The van der Waals surface area contributed by atoms with Gasteiger partial charge in [-0.05, 0) is 55.4 Å². The number of halogens is 1. The molecule has 0 aliphatic rings. The molecular weight excluding hydrogens is 498 g/mol. The molecule has 1 heterocycles. The van der Waals surface area contributed by atoms with Crippen LogP contribution in [0.15, 0.2) is 133 Å². The summed E-state index contributed by atoms with van der Waals surface area (Å²) in [7, 11) is 0. The molecule has 0 spiro atoms. The first-order chi connectivity index (χ1) is 19.2. The lowest BCUT2D eigenvalue weighted by Crippen LogP contribution is -1.97. The number of nitrogens with zero attached hydrogens (tertiary/aromatic N) is 3. The van der Waals surface area contributed by atoms with E-state index in [1.54, 1.807) is 0 Å². The third-order valence-electron chi connectivity index (χ3n) is 7.10. The molecule has 0 radical (unpaired) electrons. The molecule has 6 aromatic carbocycles. The lowest BCUT2D eigenvalue weighted by Gasteiger charge is -2.09. The average molecular weight is 520 g/mol. The SMILES string of the molecule is Clc1nc(-c2ccc(-c3cccc4ccccc34)cc2)nc(-c2ccc(-c3cccc4ccccc34)cc2)n1. The molecule has 7 aromatic rings. The Bertz CT molecular complexity index is 1810. The van der Waals surface area contributed by atoms with Gasteiger partial charge in [0.1, 0.15) is 0 Å². The van der Waals surface area contributed by atoms with Crippen LogP contribution in [0.3, 0.4) is 0 Å². The molecule has 0 aliphatic carbocycles. The molecule has 0 bridgehead atoms. The van der Waals surface area contributed by atoms with Crippen LogP contribution < -0.4 is 0 Å². The molecule has 1 aromatic heterocycles. The Morgan fingerprint density at radius 3 is 1.21 bits per heavy atom. The van der Waals surface area contributed by atoms with Gasteiger partial charge in [-0.1, -0.05) is 133 Å². The number of hydrogen-bond donors (Lipinski definition) is 0. The van der Waals surface area contributed by atoms with Crippen molar-refractivity contribution in [1.29, 1.82) is 0 Å². The zero-order chi connectivity index (χ0) is 26.2. The van der Waals surface area contributed by atoms with Crippen LogP contribution in [0.2, 0.25) is 5.28 Å². The van der Waals surface area contributed by atoms with Gasteiger partial charge in [0.2, 0.25) is 5.28 Å². The van der Waals surface area contributed by atoms with Gasteiger partial charge < -0.3 is 0 Å². The van der Waals surface area contributed by atoms with E-state index in [0.717, 1.165) is 22.3 Å². The Hall–Kier alpha value is -4.86. The van der Waals surface area contributed by atoms with E-state index in [2.05, 4.69) is 119 Å². The van der Waals surface area contributed by atoms with Gasteiger partial charge in [-0.3, -0.25) is 0 Å². The van der Waals surface area contributed by atoms with Gasteiger partial charge in [0, 0.05) is 11.1 Å². The van der Waals surface area contributed by atoms with Crippen LogP contribution >= 0.6 is 11.6 Å². The summed E-state index contributed by atoms with van der Waals surface area (Å²) in [5, 5.41) is 5.07. The van der Waals surface area contributed by atoms with E-state index in [1.807, 2.05) is 24.3 Å². The van der Waals surface area contributed by atoms with Crippen molar-refractivity contribution in [3.63, 3.8) is 0 Å². The molecule has 0 aliphatic heterocycles. The van der Waals surface area contributed by atoms with Crippen molar-refractivity contribution in [2.75, 3.05) is 0 Å². The maximum atomic E-state index is 6.37. The Morgan fingerprint density at radius 1 is 0.359 bits per heavy atom. The monoisotopic (exact) mass is 519 g/mol. The number of benzene rings is 6. The van der Waals surface area contributed by atoms with E-state index < -0.39 is 0 Å². The minimum Gasteiger partial charge on any atom is -0.208 e. The van der Waals surface area contributed by atoms with Crippen LogP contribution in [-0.4, -0.2) is 15.0 Å². The highest BCUT2D eigenvalue weighted by Gasteiger charge is 2.12. The Balaban J connectivity index is 1.21. The molecular formula is C35H22ClN3. The predicted octanol–water partition coefficient (Wildman–Crippen LogP) is 9.50. The van der Waals surface area contributed by atoms with Crippen LogP contribution in [0, 0.1) is 0 Å². The Kier molecular flexibility index (Phi) is 5.84. The molecule has 0 amide bonds. The van der Waals surface area contributed by atoms with E-state index in [0.29, 0.717) is 11.6 Å². The smallest absolute Gasteiger partial charge is 0.208 e. The summed E-state index contributed by atoms with van der Waals surface area (Å²) in [6, 6.07) is 46.2. The fraction of sp³-hybridized carbons (Fsp3) is 0. The topological polar surface area (TPSA) is 38.7 Å². The molecule has 0 atom stereocenters. The molecule has 7 rings (SSSR count). The van der Waals surface area contributed by atoms with Crippen molar-refractivity contribution in [2.24, 2.45) is 0 Å². The van der Waals surface area contributed by atoms with E-state index in [9.17, 15) is 0 Å². The van der Waals surface area contributed by atoms with E-state index in [-0.39, 0.29) is 5.28 Å². The second kappa shape index (κ2) is 9.79. The minimum atomic E-state index is 0.172. The molecule has 39 heavy (non-hydrogen) atoms. The van der Waals surface area contributed by atoms with Crippen molar-refractivity contribution in [3.8, 4) is 45.0 Å². The van der Waals surface area contributed by atoms with Gasteiger partial charge in [0.05, 0.1) is 0 Å². The summed E-state index contributed by atoms with van der Waals surface area (Å²) < 4.78 is 0. The zero-order valence-electron chi connectivity index (χ0n) is 20.9. The van der Waals surface area contributed by atoms with E-state index in [4.69, 9.17) is 16.6 Å². The van der Waals surface area contributed by atoms with Crippen molar-refractivity contribution in [3.05, 3.63) is 139 Å². The summed E-state index contributed by atoms with van der Waals surface area (Å²) in [6.45, 7) is 0. The van der Waals surface area contributed by atoms with Gasteiger partial charge in [0.15, 0.2) is 11.6 Å². The predicted molar refractivity (Wildman–Crippen MR) is 162 cm³/mol. The number of hydrogen-bond acceptors (Lipinski definition) is 3. The average Bonchev–Trinajstić information content (AvgIpc) is 3.00. The Labute approximate surface area is 231 Å². The standard InChI is InChI=1S/C35H22ClN3/c36-35-38-33(27-19-15-25(16-20-27)31-13-5-9-23-7-1-3-11-29(23)31)37-34(39-35)28-21-17-26(18-22-28)32-14-6-10-24-8-2-4-12-30(24)32/h1-22H. The first-order valence-electron chi connectivity index (χ1n) is 12.8. The van der Waals surface area contributed by atoms with Gasteiger partial charge in [-0.2, -0.15) is 9.97 Å². The van der Waals surface area contributed by atoms with Crippen LogP contribution in [0.25, 0.3) is 66.6 Å². The molecule has 4 heteroatoms. The molecule has 3 nitrogen and oxygen atoms in total. The van der Waals surface area contributed by atoms with Crippen molar-refractivity contribution >= 4 is 33.1 Å². The van der Waals surface area contributed by atoms with Crippen molar-refractivity contribution in [2.45, 2.75) is 0 Å². The molecule has 0 N–H and O–H groups in total. The summed E-state index contributed by atoms with van der Waals surface area (Å²) in [5.41, 5.74) is 6.44. The second-order valence-electron chi connectivity index (χ2n) is 9.46. The van der Waals surface area contributed by atoms with Gasteiger partial charge >= 0.3 is 0 Å². The highest BCUT2D eigenvalue weighted by atomic mass is 35.5. The molecule has 0 fully saturated rings. The lowest BCUT2D eigenvalue weighted by molar-refractivity contribution is 1.07. The summed E-state index contributed by atoms with van der Waals surface area (Å²) >= 11 is 6.37. The normalized spacial score (nSPS) is 11.2. The fourth-order valence-electron chi connectivity index (χ4n) is 5.16. The number of fused-ring (bicyclic) bond motifs is 2. The quantitative estimate of drug-likeness (QED) is 0.232. The summed E-state index contributed by atoms with van der Waals surface area (Å²) in [5.74, 6) is 1.10. The zero-order valence-corrected chi connectivity index (χ0v) is 21.7. The van der Waals surface area contributed by atoms with E-state index >= 15 is 0 Å². The fourth-order valence-corrected chi connectivity index (χ4v) is 5.32. The summed E-state index contributed by atoms with van der Waals surface area (Å²) in [6.07, 6.45) is 0. The Morgan fingerprint density at radius 2 is 0.744 bits per heavy atom. The molecule has 184 valence electrons. The number of aromatic nitrogens is 3. The van der Waals surface area contributed by atoms with Gasteiger partial charge in [0.25, 0.3) is 0 Å². The molecule has 0 saturated carbocycles. The highest BCUT2D eigenvalue weighted by Crippen LogP contribution is 2.32. The van der Waals surface area contributed by atoms with Gasteiger partial charge in [-0.15, -0.1) is 0 Å². The first-order valence-corrected chi connectivity index (χ1v) is 13.2. The lowest BCUT2D eigenvalue weighted by atomic mass is 9.97. The molecule has 0 saturated heterocycles. The van der Waals surface area contributed by atoms with Crippen LogP contribution in [0.4, 0.5) is 0 Å². The van der Waals surface area contributed by atoms with Crippen LogP contribution in [0.5, 0.6) is 0 Å². The third-order valence-corrected chi connectivity index (χ3v) is 7.26. The summed E-state index contributed by atoms with van der Waals surface area (Å²) in [4.78, 5) is 13.6. The number of rotatable bonds is 4. The van der Waals surface area contributed by atoms with Crippen LogP contribution in [-0.2, 0) is 0 Å². The highest BCUT2D eigenvalue weighted by molar-refractivity contribution is 6.28. The van der Waals surface area contributed by atoms with Crippen molar-refractivity contribution < 1.29 is 0 Å². The van der Waals surface area contributed by atoms with Gasteiger partial charge in [-0.25, -0.2) is 4.98 Å². The largest absolute Gasteiger partial charge is 0.226 e. The van der Waals surface area contributed by atoms with E-state index in [1.165, 1.54) is 32.7 Å². The minimum absolute atomic E-state index is 0.172. The first kappa shape index (κ1) is 23.3. The molecule has 0 unspecified atom stereocenters. The maximum absolute atomic E-state index is 6.37.